The van der Waals surface area contributed by atoms with Crippen LogP contribution in [0.4, 0.5) is 5.69 Å². The monoisotopic (exact) mass is 955 g/mol. The summed E-state index contributed by atoms with van der Waals surface area (Å²) in [6, 6.07) is 19.2. The van der Waals surface area contributed by atoms with E-state index in [1.165, 1.54) is 42.5 Å². The minimum absolute atomic E-state index is 0.00250. The number of hydrogen-bond acceptors (Lipinski definition) is 12. The van der Waals surface area contributed by atoms with Crippen LogP contribution in [0.3, 0.4) is 0 Å². The van der Waals surface area contributed by atoms with Gasteiger partial charge < -0.3 is 48.5 Å². The van der Waals surface area contributed by atoms with E-state index in [9.17, 15) is 51.6 Å². The Bertz CT molecular complexity index is 2660. The Morgan fingerprint density at radius 3 is 2.06 bits per heavy atom. The van der Waals surface area contributed by atoms with Gasteiger partial charge in [-0.1, -0.05) is 60.7 Å². The number of carbonyl (C=O) groups excluding carboxylic acids is 6. The highest BCUT2D eigenvalue weighted by molar-refractivity contribution is 7.85. The van der Waals surface area contributed by atoms with E-state index in [-0.39, 0.29) is 68.2 Å². The Kier molecular flexibility index (Phi) is 18.6. The third kappa shape index (κ3) is 16.0. The molecule has 22 nitrogen and oxygen atoms in total. The molecule has 0 radical (unpaired) electrons. The van der Waals surface area contributed by atoms with Crippen molar-refractivity contribution in [2.75, 3.05) is 19.6 Å². The SMILES string of the molecule is NC(N)=NCCC[C@@H]1NC(=O)[C@H](CCCCNC(=O)c2ccc(N=NCc3ccccc3S(=O)(=O)O)cc2)NC(=O)[C@@H](Cc2ccc3ccccc3c2)NC(=O)[C@H](CC(=O)O)NC(=O)CNC1=O. The number of nitrogens with zero attached hydrogens (tertiary/aromatic N) is 3. The molecular formula is C45H53N11O11S. The summed E-state index contributed by atoms with van der Waals surface area (Å²) in [7, 11) is -4.45. The molecule has 1 fully saturated rings. The zero-order valence-electron chi connectivity index (χ0n) is 36.7. The molecule has 12 N–H and O–H groups in total. The molecular weight excluding hydrogens is 903 g/mol. The highest BCUT2D eigenvalue weighted by Gasteiger charge is 2.33. The van der Waals surface area contributed by atoms with Crippen LogP contribution in [0.5, 0.6) is 0 Å². The van der Waals surface area contributed by atoms with Crippen LogP contribution in [-0.4, -0.2) is 109 Å². The van der Waals surface area contributed by atoms with Gasteiger partial charge in [0.15, 0.2) is 5.96 Å². The number of aliphatic carboxylic acids is 1. The molecule has 1 heterocycles. The summed E-state index contributed by atoms with van der Waals surface area (Å²) in [6.07, 6.45) is -0.131. The molecule has 4 aromatic carbocycles. The first-order valence-corrected chi connectivity index (χ1v) is 22.9. The van der Waals surface area contributed by atoms with E-state index in [1.807, 2.05) is 36.4 Å². The molecule has 0 aliphatic carbocycles. The van der Waals surface area contributed by atoms with Crippen LogP contribution in [0.15, 0.2) is 111 Å². The molecule has 6 amide bonds. The van der Waals surface area contributed by atoms with Crippen LogP contribution in [0.25, 0.3) is 10.8 Å². The fourth-order valence-electron chi connectivity index (χ4n) is 7.12. The van der Waals surface area contributed by atoms with Gasteiger partial charge in [0, 0.05) is 25.1 Å². The van der Waals surface area contributed by atoms with Gasteiger partial charge in [-0.25, -0.2) is 0 Å². The van der Waals surface area contributed by atoms with Crippen LogP contribution >= 0.6 is 0 Å². The number of rotatable bonds is 18. The van der Waals surface area contributed by atoms with E-state index < -0.39 is 88.7 Å². The molecule has 360 valence electrons. The molecule has 0 bridgehead atoms. The number of nitrogens with two attached hydrogens (primary N) is 2. The molecule has 1 saturated heterocycles. The van der Waals surface area contributed by atoms with E-state index in [2.05, 4.69) is 47.1 Å². The number of benzene rings is 4. The molecule has 68 heavy (non-hydrogen) atoms. The van der Waals surface area contributed by atoms with Crippen molar-refractivity contribution in [3.05, 3.63) is 108 Å². The summed E-state index contributed by atoms with van der Waals surface area (Å²) in [5.74, 6) is -6.28. The Morgan fingerprint density at radius 1 is 0.721 bits per heavy atom. The molecule has 23 heteroatoms. The van der Waals surface area contributed by atoms with Gasteiger partial charge in [0.2, 0.25) is 29.5 Å². The van der Waals surface area contributed by atoms with E-state index in [0.29, 0.717) is 23.2 Å². The maximum atomic E-state index is 14.2. The maximum Gasteiger partial charge on any atom is 0.305 e. The highest BCUT2D eigenvalue weighted by atomic mass is 32.2. The lowest BCUT2D eigenvalue weighted by Gasteiger charge is -2.26. The van der Waals surface area contributed by atoms with Gasteiger partial charge >= 0.3 is 5.97 Å². The van der Waals surface area contributed by atoms with Crippen LogP contribution < -0.4 is 43.4 Å². The first-order chi connectivity index (χ1) is 32.5. The second-order valence-electron chi connectivity index (χ2n) is 15.7. The summed E-state index contributed by atoms with van der Waals surface area (Å²) in [5.41, 5.74) is 12.4. The second-order valence-corrected chi connectivity index (χ2v) is 17.1. The van der Waals surface area contributed by atoms with Gasteiger partial charge in [-0.3, -0.25) is 43.1 Å². The van der Waals surface area contributed by atoms with Crippen molar-refractivity contribution in [1.82, 2.24) is 31.9 Å². The number of carboxylic acid groups (broad SMARTS) is 1. The smallest absolute Gasteiger partial charge is 0.305 e. The lowest BCUT2D eigenvalue weighted by molar-refractivity contribution is -0.141. The van der Waals surface area contributed by atoms with Gasteiger partial charge in [0.05, 0.1) is 30.1 Å². The zero-order valence-corrected chi connectivity index (χ0v) is 37.5. The number of carbonyl (C=O) groups is 7. The number of fused-ring (bicyclic) bond motifs is 1. The predicted molar refractivity (Wildman–Crippen MR) is 248 cm³/mol. The Morgan fingerprint density at radius 2 is 1.35 bits per heavy atom. The minimum Gasteiger partial charge on any atom is -0.481 e. The zero-order chi connectivity index (χ0) is 49.2. The van der Waals surface area contributed by atoms with Crippen molar-refractivity contribution in [2.45, 2.75) is 80.6 Å². The summed E-state index contributed by atoms with van der Waals surface area (Å²) in [4.78, 5) is 96.8. The molecule has 0 aromatic heterocycles. The summed E-state index contributed by atoms with van der Waals surface area (Å²) in [5, 5.41) is 34.9. The molecule has 5 rings (SSSR count). The maximum absolute atomic E-state index is 14.2. The minimum atomic E-state index is -4.45. The van der Waals surface area contributed by atoms with Crippen molar-refractivity contribution in [1.29, 1.82) is 0 Å². The topological polar surface area (TPSA) is 355 Å². The van der Waals surface area contributed by atoms with Crippen molar-refractivity contribution in [2.24, 2.45) is 26.7 Å². The first kappa shape index (κ1) is 51.2. The molecule has 0 spiro atoms. The average Bonchev–Trinajstić information content (AvgIpc) is 3.30. The number of carboxylic acids is 1. The molecule has 1 aliphatic heterocycles. The Labute approximate surface area is 390 Å². The molecule has 4 atom stereocenters. The second kappa shape index (κ2) is 24.7. The molecule has 0 unspecified atom stereocenters. The molecule has 1 aliphatic rings. The summed E-state index contributed by atoms with van der Waals surface area (Å²) < 4.78 is 32.8. The Hall–Kier alpha value is -7.79. The van der Waals surface area contributed by atoms with Gasteiger partial charge in [-0.2, -0.15) is 18.6 Å². The predicted octanol–water partition coefficient (Wildman–Crippen LogP) is 1.11. The third-order valence-electron chi connectivity index (χ3n) is 10.6. The van der Waals surface area contributed by atoms with Crippen LogP contribution in [0.2, 0.25) is 0 Å². The number of unbranched alkanes of at least 4 members (excludes halogenated alkanes) is 1. The van der Waals surface area contributed by atoms with Gasteiger partial charge in [-0.15, -0.1) is 0 Å². The van der Waals surface area contributed by atoms with Crippen molar-refractivity contribution in [3.63, 3.8) is 0 Å². The number of azo groups is 1. The largest absolute Gasteiger partial charge is 0.481 e. The average molecular weight is 956 g/mol. The quantitative estimate of drug-likeness (QED) is 0.0220. The fraction of sp³-hybridized carbons (Fsp3) is 0.333. The van der Waals surface area contributed by atoms with Crippen LogP contribution in [0.1, 0.15) is 60.0 Å². The molecule has 4 aromatic rings. The van der Waals surface area contributed by atoms with Crippen molar-refractivity contribution in [3.8, 4) is 0 Å². The van der Waals surface area contributed by atoms with E-state index in [1.54, 1.807) is 12.1 Å². The number of nitrogens with one attached hydrogen (secondary N) is 6. The third-order valence-corrected chi connectivity index (χ3v) is 11.5. The van der Waals surface area contributed by atoms with Gasteiger partial charge in [0.1, 0.15) is 24.2 Å². The number of aliphatic imine (C=N–C) groups is 1. The van der Waals surface area contributed by atoms with Gasteiger partial charge in [0.25, 0.3) is 16.0 Å². The first-order valence-electron chi connectivity index (χ1n) is 21.5. The van der Waals surface area contributed by atoms with Crippen LogP contribution in [0, 0.1) is 0 Å². The fourth-order valence-corrected chi connectivity index (χ4v) is 7.84. The lowest BCUT2D eigenvalue weighted by Crippen LogP contribution is -2.58. The van der Waals surface area contributed by atoms with E-state index >= 15 is 0 Å². The van der Waals surface area contributed by atoms with Crippen molar-refractivity contribution < 1.29 is 51.6 Å². The number of hydrogen-bond donors (Lipinski definition) is 10. The van der Waals surface area contributed by atoms with Gasteiger partial charge in [-0.05, 0) is 84.3 Å². The van der Waals surface area contributed by atoms with E-state index in [0.717, 1.165) is 10.8 Å². The lowest BCUT2D eigenvalue weighted by atomic mass is 10.00. The van der Waals surface area contributed by atoms with E-state index in [4.69, 9.17) is 11.5 Å². The standard InChI is InChI=1S/C45H53N11O11S/c46-45(47)49-21-7-12-33-41(61)50-26-38(57)52-36(24-39(58)59)44(64)55-35(23-27-14-15-28-8-1-2-9-30(28)22-27)43(63)54-34(42(62)53-33)11-5-6-20-48-40(60)29-16-18-32(19-17-29)56-51-25-31-10-3-4-13-37(31)68(65,66)67/h1-4,8-10,13-19,22,33-36H,5-7,11-12,20-21,23-26H2,(H,48,60)(H,50,61)(H,52,57)(H,53,62)(H,54,63)(H,55,64)(H,58,59)(H4,46,47,49)(H,65,66,67)/t33-,34-,35+,36-/m0/s1. The van der Waals surface area contributed by atoms with Crippen molar-refractivity contribution >= 4 is 73.9 Å². The molecule has 0 saturated carbocycles. The normalized spacial score (nSPS) is 18.5. The summed E-state index contributed by atoms with van der Waals surface area (Å²) in [6.45, 7) is -0.555. The number of amides is 6. The Balaban J connectivity index is 1.30. The van der Waals surface area contributed by atoms with Crippen LogP contribution in [-0.2, 0) is 51.9 Å². The summed E-state index contributed by atoms with van der Waals surface area (Å²) >= 11 is 0. The number of guanidine groups is 1. The highest BCUT2D eigenvalue weighted by Crippen LogP contribution is 2.20.